The second kappa shape index (κ2) is 3.27. The van der Waals surface area contributed by atoms with E-state index in [2.05, 4.69) is 0 Å². The van der Waals surface area contributed by atoms with Crippen LogP contribution in [0.2, 0.25) is 0 Å². The van der Waals surface area contributed by atoms with Gasteiger partial charge < -0.3 is 10.2 Å². The van der Waals surface area contributed by atoms with Gasteiger partial charge in [-0.1, -0.05) is 18.2 Å². The third-order valence-electron chi connectivity index (χ3n) is 2.14. The normalized spacial score (nSPS) is 13.0. The Morgan fingerprint density at radius 3 is 2.79 bits per heavy atom. The molecule has 1 heterocycles. The number of benzene rings is 1. The molecule has 1 unspecified atom stereocenters. The quantitative estimate of drug-likeness (QED) is 0.744. The molecule has 0 aliphatic heterocycles. The molecule has 0 bridgehead atoms. The minimum absolute atomic E-state index is 0.257. The van der Waals surface area contributed by atoms with Crippen LogP contribution >= 0.6 is 0 Å². The van der Waals surface area contributed by atoms with Crippen molar-refractivity contribution in [1.29, 1.82) is 0 Å². The number of nitrogens with two attached hydrogens (primary N) is 1. The molecule has 14 heavy (non-hydrogen) atoms. The standard InChI is InChI=1S/C11H11NO2/c1-7(12)10-6-8-4-2-3-5-9(8)11(13)14-10/h2-7H,12H2,1H3. The fourth-order valence-corrected chi connectivity index (χ4v) is 1.38. The highest BCUT2D eigenvalue weighted by Gasteiger charge is 2.06. The van der Waals surface area contributed by atoms with Crippen LogP contribution in [0, 0.1) is 0 Å². The minimum atomic E-state index is -0.324. The monoisotopic (exact) mass is 189 g/mol. The largest absolute Gasteiger partial charge is 0.426 e. The van der Waals surface area contributed by atoms with Gasteiger partial charge in [-0.05, 0) is 24.4 Å². The molecule has 0 aliphatic rings. The topological polar surface area (TPSA) is 56.2 Å². The molecule has 1 aromatic carbocycles. The van der Waals surface area contributed by atoms with Crippen LogP contribution in [0.1, 0.15) is 18.7 Å². The van der Waals surface area contributed by atoms with Crippen molar-refractivity contribution in [2.75, 3.05) is 0 Å². The molecule has 2 rings (SSSR count). The zero-order chi connectivity index (χ0) is 10.1. The maximum absolute atomic E-state index is 11.5. The Kier molecular flexibility index (Phi) is 2.09. The number of hydrogen-bond donors (Lipinski definition) is 1. The van der Waals surface area contributed by atoms with Crippen LogP contribution in [0.3, 0.4) is 0 Å². The first-order chi connectivity index (χ1) is 6.68. The van der Waals surface area contributed by atoms with Gasteiger partial charge in [-0.25, -0.2) is 4.79 Å². The van der Waals surface area contributed by atoms with E-state index in [9.17, 15) is 4.79 Å². The molecule has 1 aromatic heterocycles. The Bertz CT molecular complexity index is 514. The molecule has 72 valence electrons. The molecular formula is C11H11NO2. The summed E-state index contributed by atoms with van der Waals surface area (Å²) in [5.41, 5.74) is 5.32. The Morgan fingerprint density at radius 1 is 1.36 bits per heavy atom. The number of fused-ring (bicyclic) bond motifs is 1. The van der Waals surface area contributed by atoms with Gasteiger partial charge in [-0.3, -0.25) is 0 Å². The molecule has 0 saturated carbocycles. The molecule has 0 spiro atoms. The maximum atomic E-state index is 11.5. The Balaban J connectivity index is 2.79. The highest BCUT2D eigenvalue weighted by molar-refractivity contribution is 5.81. The molecule has 0 saturated heterocycles. The molecule has 0 fully saturated rings. The summed E-state index contributed by atoms with van der Waals surface area (Å²) in [6.45, 7) is 1.78. The van der Waals surface area contributed by atoms with E-state index in [0.29, 0.717) is 11.1 Å². The van der Waals surface area contributed by atoms with Crippen molar-refractivity contribution >= 4 is 10.8 Å². The van der Waals surface area contributed by atoms with Crippen LogP contribution < -0.4 is 11.4 Å². The summed E-state index contributed by atoms with van der Waals surface area (Å²) < 4.78 is 5.07. The van der Waals surface area contributed by atoms with Crippen LogP contribution in [0.15, 0.2) is 39.5 Å². The van der Waals surface area contributed by atoms with Crippen LogP contribution in [-0.2, 0) is 0 Å². The lowest BCUT2D eigenvalue weighted by molar-refractivity contribution is 0.442. The highest BCUT2D eigenvalue weighted by atomic mass is 16.4. The van der Waals surface area contributed by atoms with Crippen molar-refractivity contribution in [1.82, 2.24) is 0 Å². The van der Waals surface area contributed by atoms with Gasteiger partial charge in [0.1, 0.15) is 5.76 Å². The predicted molar refractivity (Wildman–Crippen MR) is 55.1 cm³/mol. The lowest BCUT2D eigenvalue weighted by Gasteiger charge is -2.04. The second-order valence-electron chi connectivity index (χ2n) is 3.31. The SMILES string of the molecule is CC(N)c1cc2ccccc2c(=O)o1. The number of hydrogen-bond acceptors (Lipinski definition) is 3. The van der Waals surface area contributed by atoms with E-state index in [0.717, 1.165) is 5.39 Å². The van der Waals surface area contributed by atoms with Gasteiger partial charge in [0.05, 0.1) is 11.4 Å². The Hall–Kier alpha value is -1.61. The van der Waals surface area contributed by atoms with E-state index in [1.54, 1.807) is 19.1 Å². The smallest absolute Gasteiger partial charge is 0.343 e. The first-order valence-electron chi connectivity index (χ1n) is 4.47. The van der Waals surface area contributed by atoms with Crippen molar-refractivity contribution in [2.24, 2.45) is 5.73 Å². The van der Waals surface area contributed by atoms with Gasteiger partial charge in [0.2, 0.25) is 0 Å². The molecule has 3 heteroatoms. The van der Waals surface area contributed by atoms with Gasteiger partial charge in [-0.2, -0.15) is 0 Å². The van der Waals surface area contributed by atoms with Crippen molar-refractivity contribution < 1.29 is 4.42 Å². The average Bonchev–Trinajstić information content (AvgIpc) is 2.17. The molecule has 2 aromatic rings. The van der Waals surface area contributed by atoms with Gasteiger partial charge >= 0.3 is 5.63 Å². The van der Waals surface area contributed by atoms with Crippen LogP contribution in [0.25, 0.3) is 10.8 Å². The van der Waals surface area contributed by atoms with Crippen molar-refractivity contribution in [3.63, 3.8) is 0 Å². The van der Waals surface area contributed by atoms with E-state index in [4.69, 9.17) is 10.2 Å². The maximum Gasteiger partial charge on any atom is 0.343 e. The summed E-state index contributed by atoms with van der Waals surface area (Å²) in [4.78, 5) is 11.5. The van der Waals surface area contributed by atoms with Gasteiger partial charge in [-0.15, -0.1) is 0 Å². The van der Waals surface area contributed by atoms with E-state index in [1.807, 2.05) is 18.2 Å². The van der Waals surface area contributed by atoms with E-state index in [-0.39, 0.29) is 11.7 Å². The lowest BCUT2D eigenvalue weighted by Crippen LogP contribution is -2.09. The summed E-state index contributed by atoms with van der Waals surface area (Å²) >= 11 is 0. The molecule has 2 N–H and O–H groups in total. The predicted octanol–water partition coefficient (Wildman–Crippen LogP) is 1.81. The van der Waals surface area contributed by atoms with E-state index in [1.165, 1.54) is 0 Å². The summed E-state index contributed by atoms with van der Waals surface area (Å²) in [5, 5.41) is 1.47. The zero-order valence-corrected chi connectivity index (χ0v) is 7.86. The Morgan fingerprint density at radius 2 is 2.07 bits per heavy atom. The third kappa shape index (κ3) is 1.42. The molecule has 0 aliphatic carbocycles. The fourth-order valence-electron chi connectivity index (χ4n) is 1.38. The third-order valence-corrected chi connectivity index (χ3v) is 2.14. The van der Waals surface area contributed by atoms with Crippen LogP contribution in [0.5, 0.6) is 0 Å². The fraction of sp³-hybridized carbons (Fsp3) is 0.182. The van der Waals surface area contributed by atoms with E-state index >= 15 is 0 Å². The molecule has 0 amide bonds. The second-order valence-corrected chi connectivity index (χ2v) is 3.31. The average molecular weight is 189 g/mol. The molecular weight excluding hydrogens is 178 g/mol. The van der Waals surface area contributed by atoms with Crippen molar-refractivity contribution in [3.05, 3.63) is 46.5 Å². The first kappa shape index (κ1) is 8.97. The summed E-state index contributed by atoms with van der Waals surface area (Å²) in [6, 6.07) is 8.86. The van der Waals surface area contributed by atoms with Crippen LogP contribution in [0.4, 0.5) is 0 Å². The minimum Gasteiger partial charge on any atom is -0.426 e. The van der Waals surface area contributed by atoms with Crippen molar-refractivity contribution in [3.8, 4) is 0 Å². The Labute approximate surface area is 81.1 Å². The summed E-state index contributed by atoms with van der Waals surface area (Å²) in [5.74, 6) is 0.522. The lowest BCUT2D eigenvalue weighted by atomic mass is 10.1. The number of rotatable bonds is 1. The van der Waals surface area contributed by atoms with Crippen molar-refractivity contribution in [2.45, 2.75) is 13.0 Å². The molecule has 1 atom stereocenters. The van der Waals surface area contributed by atoms with E-state index < -0.39 is 0 Å². The highest BCUT2D eigenvalue weighted by Crippen LogP contribution is 2.15. The van der Waals surface area contributed by atoms with Gasteiger partial charge in [0, 0.05) is 0 Å². The van der Waals surface area contributed by atoms with Gasteiger partial charge in [0.15, 0.2) is 0 Å². The molecule has 3 nitrogen and oxygen atoms in total. The zero-order valence-electron chi connectivity index (χ0n) is 7.86. The molecule has 0 radical (unpaired) electrons. The van der Waals surface area contributed by atoms with Crippen LogP contribution in [-0.4, -0.2) is 0 Å². The summed E-state index contributed by atoms with van der Waals surface area (Å²) in [6.07, 6.45) is 0. The first-order valence-corrected chi connectivity index (χ1v) is 4.47. The summed E-state index contributed by atoms with van der Waals surface area (Å²) in [7, 11) is 0. The van der Waals surface area contributed by atoms with Gasteiger partial charge in [0.25, 0.3) is 0 Å².